The number of sulfonamides is 1. The zero-order valence-electron chi connectivity index (χ0n) is 12.1. The maximum atomic E-state index is 12.5. The molecule has 1 saturated heterocycles. The van der Waals surface area contributed by atoms with Gasteiger partial charge in [0.15, 0.2) is 0 Å². The number of hydrogen-bond donors (Lipinski definition) is 0. The first kappa shape index (κ1) is 16.0. The van der Waals surface area contributed by atoms with E-state index in [-0.39, 0.29) is 5.75 Å². The highest BCUT2D eigenvalue weighted by Crippen LogP contribution is 2.32. The molecule has 3 nitrogen and oxygen atoms in total. The number of halogens is 1. The molecule has 0 saturated carbocycles. The lowest BCUT2D eigenvalue weighted by Gasteiger charge is -2.30. The molecule has 3 rings (SSSR count). The van der Waals surface area contributed by atoms with E-state index < -0.39 is 10.0 Å². The molecule has 0 aliphatic carbocycles. The Kier molecular flexibility index (Phi) is 4.88. The Bertz CT molecular complexity index is 720. The van der Waals surface area contributed by atoms with Crippen LogP contribution in [0.25, 0.3) is 0 Å². The molecule has 1 aliphatic heterocycles. The molecule has 0 spiro atoms. The van der Waals surface area contributed by atoms with Gasteiger partial charge < -0.3 is 0 Å². The van der Waals surface area contributed by atoms with E-state index in [1.165, 1.54) is 4.88 Å². The third-order valence-electron chi connectivity index (χ3n) is 4.03. The summed E-state index contributed by atoms with van der Waals surface area (Å²) >= 11 is 7.69. The van der Waals surface area contributed by atoms with Gasteiger partial charge in [0.2, 0.25) is 10.0 Å². The molecule has 1 aliphatic rings. The molecule has 0 unspecified atom stereocenters. The molecule has 6 heteroatoms. The molecule has 0 N–H and O–H groups in total. The Balaban J connectivity index is 1.64. The van der Waals surface area contributed by atoms with Gasteiger partial charge in [-0.2, -0.15) is 0 Å². The Hall–Kier alpha value is -0.880. The monoisotopic (exact) mass is 355 g/mol. The van der Waals surface area contributed by atoms with Gasteiger partial charge in [-0.1, -0.05) is 29.8 Å². The summed E-state index contributed by atoms with van der Waals surface area (Å²) in [6.45, 7) is 1.21. The summed E-state index contributed by atoms with van der Waals surface area (Å²) in [4.78, 5) is 1.37. The Labute approximate surface area is 140 Å². The van der Waals surface area contributed by atoms with Gasteiger partial charge in [-0.05, 0) is 47.9 Å². The summed E-state index contributed by atoms with van der Waals surface area (Å²) in [5.74, 6) is 0.523. The van der Waals surface area contributed by atoms with E-state index in [2.05, 4.69) is 17.5 Å². The molecular weight excluding hydrogens is 338 g/mol. The van der Waals surface area contributed by atoms with Crippen LogP contribution in [0.5, 0.6) is 0 Å². The van der Waals surface area contributed by atoms with Crippen LogP contribution in [0.15, 0.2) is 41.8 Å². The number of piperidine rings is 1. The highest BCUT2D eigenvalue weighted by atomic mass is 35.5. The minimum atomic E-state index is -3.27. The Morgan fingerprint density at radius 3 is 2.59 bits per heavy atom. The molecule has 1 fully saturated rings. The molecule has 2 heterocycles. The zero-order chi connectivity index (χ0) is 15.6. The van der Waals surface area contributed by atoms with Crippen LogP contribution in [0.3, 0.4) is 0 Å². The van der Waals surface area contributed by atoms with Gasteiger partial charge in [0.25, 0.3) is 0 Å². The topological polar surface area (TPSA) is 37.4 Å². The van der Waals surface area contributed by atoms with E-state index in [0.29, 0.717) is 24.0 Å². The van der Waals surface area contributed by atoms with Crippen molar-refractivity contribution >= 4 is 33.0 Å². The summed E-state index contributed by atoms with van der Waals surface area (Å²) in [5, 5.41) is 2.65. The summed E-state index contributed by atoms with van der Waals surface area (Å²) in [6.07, 6.45) is 1.80. The Morgan fingerprint density at radius 1 is 1.18 bits per heavy atom. The fourth-order valence-corrected chi connectivity index (χ4v) is 5.53. The van der Waals surface area contributed by atoms with Crippen molar-refractivity contribution in [2.75, 3.05) is 13.1 Å². The number of nitrogens with zero attached hydrogens (tertiary/aromatic N) is 1. The van der Waals surface area contributed by atoms with Gasteiger partial charge in [-0.3, -0.25) is 0 Å². The second-order valence-electron chi connectivity index (χ2n) is 5.57. The maximum Gasteiger partial charge on any atom is 0.218 e. The first-order valence-electron chi connectivity index (χ1n) is 7.30. The molecular formula is C16H18ClNO2S2. The van der Waals surface area contributed by atoms with E-state index in [1.54, 1.807) is 33.8 Å². The second-order valence-corrected chi connectivity index (χ2v) is 8.96. The predicted octanol–water partition coefficient (Wildman–Crippen LogP) is 4.11. The summed E-state index contributed by atoms with van der Waals surface area (Å²) in [6, 6.07) is 11.3. The lowest BCUT2D eigenvalue weighted by molar-refractivity contribution is 0.321. The van der Waals surface area contributed by atoms with Crippen molar-refractivity contribution in [3.05, 3.63) is 57.2 Å². The van der Waals surface area contributed by atoms with E-state index in [1.807, 2.05) is 6.07 Å². The third-order valence-corrected chi connectivity index (χ3v) is 7.15. The average Bonchev–Trinajstić information content (AvgIpc) is 3.01. The highest BCUT2D eigenvalue weighted by Gasteiger charge is 2.29. The lowest BCUT2D eigenvalue weighted by atomic mass is 9.97. The fraction of sp³-hybridized carbons (Fsp3) is 0.375. The van der Waals surface area contributed by atoms with Crippen molar-refractivity contribution in [2.45, 2.75) is 24.5 Å². The van der Waals surface area contributed by atoms with Crippen molar-refractivity contribution in [3.8, 4) is 0 Å². The molecule has 0 radical (unpaired) electrons. The van der Waals surface area contributed by atoms with Gasteiger partial charge >= 0.3 is 0 Å². The van der Waals surface area contributed by atoms with Crippen LogP contribution in [0.1, 0.15) is 29.2 Å². The van der Waals surface area contributed by atoms with Crippen LogP contribution < -0.4 is 0 Å². The van der Waals surface area contributed by atoms with Gasteiger partial charge in [0, 0.05) is 23.0 Å². The van der Waals surface area contributed by atoms with E-state index >= 15 is 0 Å². The molecule has 1 aromatic heterocycles. The minimum absolute atomic E-state index is 0.0250. The normalized spacial score (nSPS) is 17.7. The van der Waals surface area contributed by atoms with Crippen LogP contribution in [-0.2, 0) is 15.8 Å². The minimum Gasteiger partial charge on any atom is -0.212 e. The predicted molar refractivity (Wildman–Crippen MR) is 91.9 cm³/mol. The summed E-state index contributed by atoms with van der Waals surface area (Å²) in [7, 11) is -3.27. The largest absolute Gasteiger partial charge is 0.218 e. The molecule has 2 aromatic rings. The first-order valence-corrected chi connectivity index (χ1v) is 10.2. The van der Waals surface area contributed by atoms with E-state index in [4.69, 9.17) is 11.6 Å². The van der Waals surface area contributed by atoms with Crippen molar-refractivity contribution in [2.24, 2.45) is 0 Å². The second kappa shape index (κ2) is 6.71. The molecule has 0 bridgehead atoms. The molecule has 0 amide bonds. The average molecular weight is 356 g/mol. The van der Waals surface area contributed by atoms with E-state index in [9.17, 15) is 8.42 Å². The summed E-state index contributed by atoms with van der Waals surface area (Å²) < 4.78 is 26.7. The van der Waals surface area contributed by atoms with Gasteiger partial charge in [-0.25, -0.2) is 12.7 Å². The quantitative estimate of drug-likeness (QED) is 0.827. The van der Waals surface area contributed by atoms with Gasteiger partial charge in [-0.15, -0.1) is 11.3 Å². The number of thiophene rings is 1. The number of rotatable bonds is 4. The third kappa shape index (κ3) is 3.71. The van der Waals surface area contributed by atoms with Crippen LogP contribution in [0.2, 0.25) is 5.02 Å². The number of benzene rings is 1. The van der Waals surface area contributed by atoms with E-state index in [0.717, 1.165) is 18.4 Å². The molecule has 118 valence electrons. The zero-order valence-corrected chi connectivity index (χ0v) is 14.5. The molecule has 1 aromatic carbocycles. The molecule has 0 atom stereocenters. The van der Waals surface area contributed by atoms with Crippen molar-refractivity contribution in [1.82, 2.24) is 4.31 Å². The fourth-order valence-electron chi connectivity index (χ4n) is 2.87. The maximum absolute atomic E-state index is 12.5. The smallest absolute Gasteiger partial charge is 0.212 e. The van der Waals surface area contributed by atoms with Gasteiger partial charge in [0.1, 0.15) is 0 Å². The highest BCUT2D eigenvalue weighted by molar-refractivity contribution is 7.88. The lowest BCUT2D eigenvalue weighted by Crippen LogP contribution is -2.38. The van der Waals surface area contributed by atoms with Crippen LogP contribution in [0.4, 0.5) is 0 Å². The van der Waals surface area contributed by atoms with Crippen LogP contribution >= 0.6 is 22.9 Å². The van der Waals surface area contributed by atoms with Crippen molar-refractivity contribution < 1.29 is 8.42 Å². The van der Waals surface area contributed by atoms with Crippen molar-refractivity contribution in [1.29, 1.82) is 0 Å². The number of hydrogen-bond acceptors (Lipinski definition) is 3. The first-order chi connectivity index (χ1) is 10.5. The SMILES string of the molecule is O=S(=O)(Cc1cccc(Cl)c1)N1CCC(c2cccs2)CC1. The summed E-state index contributed by atoms with van der Waals surface area (Å²) in [5.41, 5.74) is 0.743. The Morgan fingerprint density at radius 2 is 1.95 bits per heavy atom. The standard InChI is InChI=1S/C16H18ClNO2S2/c17-15-4-1-3-13(11-15)12-22(19,20)18-8-6-14(7-9-18)16-5-2-10-21-16/h1-5,10-11,14H,6-9,12H2. The van der Waals surface area contributed by atoms with Crippen LogP contribution in [0, 0.1) is 0 Å². The van der Waals surface area contributed by atoms with Crippen molar-refractivity contribution in [3.63, 3.8) is 0 Å². The van der Waals surface area contributed by atoms with Crippen LogP contribution in [-0.4, -0.2) is 25.8 Å². The molecule has 22 heavy (non-hydrogen) atoms. The van der Waals surface area contributed by atoms with Gasteiger partial charge in [0.05, 0.1) is 5.75 Å².